The Hall–Kier alpha value is -1.90. The Morgan fingerprint density at radius 3 is 2.87 bits per heavy atom. The molecule has 0 bridgehead atoms. The third kappa shape index (κ3) is 5.41. The lowest BCUT2D eigenvalue weighted by Crippen LogP contribution is -2.10. The molecule has 0 atom stereocenters. The molecule has 0 aliphatic heterocycles. The van der Waals surface area contributed by atoms with Crippen LogP contribution in [0, 0.1) is 0 Å². The number of hydrogen-bond donors (Lipinski definition) is 1. The van der Waals surface area contributed by atoms with E-state index in [4.69, 9.17) is 0 Å². The van der Waals surface area contributed by atoms with E-state index >= 15 is 0 Å². The molecule has 3 nitrogen and oxygen atoms in total. The van der Waals surface area contributed by atoms with Crippen LogP contribution < -0.4 is 5.43 Å². The van der Waals surface area contributed by atoms with Crippen molar-refractivity contribution in [1.29, 1.82) is 0 Å². The molecule has 0 fully saturated rings. The van der Waals surface area contributed by atoms with E-state index in [0.717, 1.165) is 5.57 Å². The highest BCUT2D eigenvalue weighted by atomic mass is 16.1. The smallest absolute Gasteiger partial charge is 0.172 e. The van der Waals surface area contributed by atoms with Gasteiger partial charge in [-0.2, -0.15) is 5.10 Å². The van der Waals surface area contributed by atoms with Gasteiger partial charge >= 0.3 is 0 Å². The third-order valence-electron chi connectivity index (χ3n) is 1.69. The summed E-state index contributed by atoms with van der Waals surface area (Å²) in [5.74, 6) is -0.0625. The molecule has 0 saturated heterocycles. The summed E-state index contributed by atoms with van der Waals surface area (Å²) in [7, 11) is 0. The molecule has 0 unspecified atom stereocenters. The van der Waals surface area contributed by atoms with Gasteiger partial charge in [0.15, 0.2) is 5.78 Å². The largest absolute Gasteiger partial charge is 0.306 e. The van der Waals surface area contributed by atoms with Gasteiger partial charge in [0.05, 0.1) is 12.8 Å². The number of nitrogens with one attached hydrogen (secondary N) is 1. The van der Waals surface area contributed by atoms with Crippen LogP contribution in [0.1, 0.15) is 6.92 Å². The van der Waals surface area contributed by atoms with Crippen molar-refractivity contribution in [3.05, 3.63) is 48.1 Å². The standard InChI is InChI=1S/C12H14N2O/c1-11(15)9-13-14-10-12-7-5-3-2-4-6-8-12/h2-9,14H,10H2,1H3/b3-2-,4-2?,5-3?,6-4-,7-5-,8-6?,12-7?,12-8+,13-9+. The second-order valence-corrected chi connectivity index (χ2v) is 3.07. The van der Waals surface area contributed by atoms with Crippen molar-refractivity contribution in [1.82, 2.24) is 5.43 Å². The summed E-state index contributed by atoms with van der Waals surface area (Å²) < 4.78 is 0. The fraction of sp³-hybridized carbons (Fsp3) is 0.167. The minimum Gasteiger partial charge on any atom is -0.306 e. The molecule has 0 aromatic carbocycles. The van der Waals surface area contributed by atoms with Crippen LogP contribution in [0.15, 0.2) is 53.2 Å². The van der Waals surface area contributed by atoms with Crippen molar-refractivity contribution >= 4 is 12.0 Å². The van der Waals surface area contributed by atoms with Gasteiger partial charge in [0.2, 0.25) is 0 Å². The molecule has 1 aliphatic carbocycles. The Labute approximate surface area is 89.6 Å². The maximum Gasteiger partial charge on any atom is 0.172 e. The van der Waals surface area contributed by atoms with Crippen LogP contribution in [0.5, 0.6) is 0 Å². The molecule has 3 heteroatoms. The molecule has 0 amide bonds. The average molecular weight is 202 g/mol. The summed E-state index contributed by atoms with van der Waals surface area (Å²) in [6.07, 6.45) is 15.1. The number of allylic oxidation sites excluding steroid dienone is 6. The Morgan fingerprint density at radius 2 is 2.07 bits per heavy atom. The van der Waals surface area contributed by atoms with Crippen LogP contribution in [-0.4, -0.2) is 18.5 Å². The molecule has 0 spiro atoms. The minimum atomic E-state index is -0.0625. The van der Waals surface area contributed by atoms with Crippen LogP contribution in [0.25, 0.3) is 0 Å². The molecular weight excluding hydrogens is 188 g/mol. The van der Waals surface area contributed by atoms with Gasteiger partial charge in [0, 0.05) is 6.92 Å². The van der Waals surface area contributed by atoms with E-state index < -0.39 is 0 Å². The first kappa shape index (κ1) is 11.2. The first-order valence-electron chi connectivity index (χ1n) is 4.76. The van der Waals surface area contributed by atoms with E-state index in [9.17, 15) is 4.79 Å². The van der Waals surface area contributed by atoms with E-state index in [1.807, 2.05) is 42.5 Å². The monoisotopic (exact) mass is 202 g/mol. The number of hydrazone groups is 1. The topological polar surface area (TPSA) is 41.5 Å². The molecule has 1 rings (SSSR count). The predicted octanol–water partition coefficient (Wildman–Crippen LogP) is 1.76. The zero-order valence-electron chi connectivity index (χ0n) is 8.68. The molecule has 0 aromatic heterocycles. The maximum atomic E-state index is 10.6. The maximum absolute atomic E-state index is 10.6. The van der Waals surface area contributed by atoms with Crippen LogP contribution >= 0.6 is 0 Å². The molecule has 0 saturated carbocycles. The minimum absolute atomic E-state index is 0.0625. The van der Waals surface area contributed by atoms with Gasteiger partial charge < -0.3 is 5.43 Å². The highest BCUT2D eigenvalue weighted by molar-refractivity contribution is 6.26. The lowest BCUT2D eigenvalue weighted by Gasteiger charge is -2.00. The molecule has 0 aromatic rings. The molecule has 15 heavy (non-hydrogen) atoms. The Bertz CT molecular complexity index is 360. The summed E-state index contributed by atoms with van der Waals surface area (Å²) in [4.78, 5) is 10.6. The second-order valence-electron chi connectivity index (χ2n) is 3.07. The molecule has 0 heterocycles. The van der Waals surface area contributed by atoms with Crippen LogP contribution in [0.3, 0.4) is 0 Å². The number of carbonyl (C=O) groups is 1. The van der Waals surface area contributed by atoms with E-state index in [0.29, 0.717) is 6.54 Å². The van der Waals surface area contributed by atoms with Crippen LogP contribution in [0.2, 0.25) is 0 Å². The number of nitrogens with zero attached hydrogens (tertiary/aromatic N) is 1. The highest BCUT2D eigenvalue weighted by Gasteiger charge is 1.90. The lowest BCUT2D eigenvalue weighted by molar-refractivity contribution is -0.110. The number of ketones is 1. The summed E-state index contributed by atoms with van der Waals surface area (Å²) in [5, 5.41) is 3.78. The first-order valence-corrected chi connectivity index (χ1v) is 4.76. The lowest BCUT2D eigenvalue weighted by atomic mass is 10.2. The summed E-state index contributed by atoms with van der Waals surface area (Å²) in [6, 6.07) is 0. The van der Waals surface area contributed by atoms with Crippen molar-refractivity contribution < 1.29 is 4.79 Å². The number of hydrogen-bond acceptors (Lipinski definition) is 3. The van der Waals surface area contributed by atoms with E-state index in [2.05, 4.69) is 10.5 Å². The van der Waals surface area contributed by atoms with E-state index in [1.165, 1.54) is 13.1 Å². The molecular formula is C12H14N2O. The van der Waals surface area contributed by atoms with Gasteiger partial charge in [-0.05, 0) is 5.57 Å². The number of rotatable bonds is 4. The fourth-order valence-electron chi connectivity index (χ4n) is 0.998. The van der Waals surface area contributed by atoms with Crippen LogP contribution in [0.4, 0.5) is 0 Å². The summed E-state index contributed by atoms with van der Waals surface area (Å²) in [5.41, 5.74) is 3.91. The van der Waals surface area contributed by atoms with Crippen molar-refractivity contribution in [3.8, 4) is 0 Å². The molecule has 78 valence electrons. The van der Waals surface area contributed by atoms with E-state index in [-0.39, 0.29) is 5.78 Å². The Morgan fingerprint density at radius 1 is 1.33 bits per heavy atom. The third-order valence-corrected chi connectivity index (χ3v) is 1.69. The SMILES string of the molecule is CC(=O)/C=N/NCC1=C/C=C\C=C/C=C\1. The van der Waals surface area contributed by atoms with E-state index in [1.54, 1.807) is 0 Å². The van der Waals surface area contributed by atoms with Crippen molar-refractivity contribution in [2.75, 3.05) is 6.54 Å². The van der Waals surface area contributed by atoms with Gasteiger partial charge in [-0.1, -0.05) is 42.5 Å². The number of carbonyl (C=O) groups excluding carboxylic acids is 1. The Kier molecular flexibility index (Phi) is 4.87. The summed E-state index contributed by atoms with van der Waals surface area (Å²) in [6.45, 7) is 2.08. The summed E-state index contributed by atoms with van der Waals surface area (Å²) >= 11 is 0. The van der Waals surface area contributed by atoms with Crippen LogP contribution in [-0.2, 0) is 4.79 Å². The molecule has 1 N–H and O–H groups in total. The van der Waals surface area contributed by atoms with Gasteiger partial charge in [-0.15, -0.1) is 0 Å². The highest BCUT2D eigenvalue weighted by Crippen LogP contribution is 1.99. The van der Waals surface area contributed by atoms with Crippen molar-refractivity contribution in [2.24, 2.45) is 5.10 Å². The van der Waals surface area contributed by atoms with Gasteiger partial charge in [0.1, 0.15) is 0 Å². The zero-order chi connectivity index (χ0) is 10.9. The van der Waals surface area contributed by atoms with Crippen molar-refractivity contribution in [2.45, 2.75) is 6.92 Å². The quantitative estimate of drug-likeness (QED) is 0.557. The fourth-order valence-corrected chi connectivity index (χ4v) is 0.998. The van der Waals surface area contributed by atoms with Crippen molar-refractivity contribution in [3.63, 3.8) is 0 Å². The zero-order valence-corrected chi connectivity index (χ0v) is 8.68. The first-order chi connectivity index (χ1) is 7.29. The predicted molar refractivity (Wildman–Crippen MR) is 62.7 cm³/mol. The normalized spacial score (nSPS) is 24.7. The van der Waals surface area contributed by atoms with Gasteiger partial charge in [0.25, 0.3) is 0 Å². The number of Topliss-reactive ketones (excluding diaryl/α,β-unsaturated/α-hetero) is 1. The van der Waals surface area contributed by atoms with Gasteiger partial charge in [-0.25, -0.2) is 0 Å². The molecule has 0 radical (unpaired) electrons. The molecule has 1 aliphatic rings. The second kappa shape index (κ2) is 6.54. The van der Waals surface area contributed by atoms with Gasteiger partial charge in [-0.3, -0.25) is 4.79 Å². The Balaban J connectivity index is 2.41. The average Bonchev–Trinajstić information content (AvgIpc) is 2.14.